The van der Waals surface area contributed by atoms with Crippen LogP contribution in [-0.2, 0) is 19.5 Å². The lowest BCUT2D eigenvalue weighted by Crippen LogP contribution is -2.22. The van der Waals surface area contributed by atoms with Gasteiger partial charge < -0.3 is 21.5 Å². The highest BCUT2D eigenvalue weighted by Gasteiger charge is 2.15. The zero-order valence-corrected chi connectivity index (χ0v) is 20.1. The highest BCUT2D eigenvalue weighted by atomic mass is 35.5. The van der Waals surface area contributed by atoms with Gasteiger partial charge in [0.2, 0.25) is 0 Å². The van der Waals surface area contributed by atoms with Gasteiger partial charge in [0, 0.05) is 45.8 Å². The third kappa shape index (κ3) is 4.77. The molecule has 34 heavy (non-hydrogen) atoms. The number of fused-ring (bicyclic) bond motifs is 1. The normalized spacial score (nSPS) is 11.7. The number of hydrazone groups is 1. The molecule has 1 amide bonds. The van der Waals surface area contributed by atoms with Crippen LogP contribution in [0, 0.1) is 6.92 Å². The fourth-order valence-electron chi connectivity index (χ4n) is 4.28. The molecule has 0 unspecified atom stereocenters. The fraction of sp³-hybridized carbons (Fsp3) is 0.185. The van der Waals surface area contributed by atoms with Crippen LogP contribution >= 0.6 is 11.6 Å². The number of hydrogen-bond donors (Lipinski definition) is 3. The zero-order valence-electron chi connectivity index (χ0n) is 19.3. The molecule has 0 radical (unpaired) electrons. The number of benzene rings is 3. The number of nitrogens with two attached hydrogens (primary N) is 2. The monoisotopic (exact) mass is 473 g/mol. The van der Waals surface area contributed by atoms with Crippen LogP contribution in [0.4, 0.5) is 0 Å². The van der Waals surface area contributed by atoms with Gasteiger partial charge in [0.25, 0.3) is 5.91 Å². The second kappa shape index (κ2) is 10.0. The van der Waals surface area contributed by atoms with E-state index in [1.807, 2.05) is 60.7 Å². The molecule has 0 bridgehead atoms. The van der Waals surface area contributed by atoms with E-state index in [9.17, 15) is 4.79 Å². The Morgan fingerprint density at radius 3 is 2.29 bits per heavy atom. The van der Waals surface area contributed by atoms with E-state index in [1.54, 1.807) is 0 Å². The Morgan fingerprint density at radius 2 is 1.65 bits per heavy atom. The molecule has 0 fully saturated rings. The quantitative estimate of drug-likeness (QED) is 0.157. The molecule has 7 heteroatoms. The number of nitrogens with one attached hydrogen (secondary N) is 1. The lowest BCUT2D eigenvalue weighted by molar-refractivity contribution is 0.0951. The van der Waals surface area contributed by atoms with Crippen molar-refractivity contribution in [3.63, 3.8) is 0 Å². The number of carbonyl (C=O) groups is 1. The molecule has 6 nitrogen and oxygen atoms in total. The number of hydrogen-bond acceptors (Lipinski definition) is 3. The standard InChI is InChI=1S/C27H28ClN5O/c1-3-24-17(2)23-14-21(26(29)32-30)10-13-25(23)33(24)16-19-4-8-20(9-5-19)27(34)31-15-18-6-11-22(28)12-7-18/h4-14H,3,15-16,30H2,1-2H3,(H2,29,32)(H,31,34). The summed E-state index contributed by atoms with van der Waals surface area (Å²) in [6, 6.07) is 21.2. The molecule has 4 aromatic rings. The molecule has 0 saturated heterocycles. The molecule has 0 atom stereocenters. The summed E-state index contributed by atoms with van der Waals surface area (Å²) in [7, 11) is 0. The fourth-order valence-corrected chi connectivity index (χ4v) is 4.40. The Balaban J connectivity index is 1.53. The topological polar surface area (TPSA) is 98.4 Å². The van der Waals surface area contributed by atoms with Crippen LogP contribution in [-0.4, -0.2) is 16.3 Å². The summed E-state index contributed by atoms with van der Waals surface area (Å²) >= 11 is 5.92. The van der Waals surface area contributed by atoms with Crippen LogP contribution < -0.4 is 16.9 Å². The predicted octanol–water partition coefficient (Wildman–Crippen LogP) is 4.72. The molecule has 1 heterocycles. The number of rotatable bonds is 7. The molecule has 1 aromatic heterocycles. The van der Waals surface area contributed by atoms with Crippen LogP contribution in [0.1, 0.15) is 45.2 Å². The third-order valence-electron chi connectivity index (χ3n) is 6.14. The number of amides is 1. The van der Waals surface area contributed by atoms with E-state index < -0.39 is 0 Å². The van der Waals surface area contributed by atoms with Gasteiger partial charge in [-0.15, -0.1) is 0 Å². The Kier molecular flexibility index (Phi) is 6.89. The maximum absolute atomic E-state index is 12.6. The predicted molar refractivity (Wildman–Crippen MR) is 139 cm³/mol. The molecule has 0 aliphatic heterocycles. The Hall–Kier alpha value is -3.77. The number of aromatic nitrogens is 1. The molecule has 0 saturated carbocycles. The van der Waals surface area contributed by atoms with Crippen molar-refractivity contribution in [2.45, 2.75) is 33.4 Å². The molecule has 3 aromatic carbocycles. The second-order valence-electron chi connectivity index (χ2n) is 8.26. The SMILES string of the molecule is CCc1c(C)c2cc(/C(N)=N/N)ccc2n1Cc1ccc(C(=O)NCc2ccc(Cl)cc2)cc1. The van der Waals surface area contributed by atoms with Gasteiger partial charge in [0.1, 0.15) is 5.84 Å². The van der Waals surface area contributed by atoms with E-state index in [4.69, 9.17) is 23.2 Å². The van der Waals surface area contributed by atoms with Crippen LogP contribution in [0.3, 0.4) is 0 Å². The summed E-state index contributed by atoms with van der Waals surface area (Å²) in [5.74, 6) is 5.57. The van der Waals surface area contributed by atoms with E-state index in [1.165, 1.54) is 11.3 Å². The lowest BCUT2D eigenvalue weighted by atomic mass is 10.1. The molecule has 5 N–H and O–H groups in total. The molecule has 174 valence electrons. The van der Waals surface area contributed by atoms with Crippen molar-refractivity contribution in [2.24, 2.45) is 16.7 Å². The number of aryl methyl sites for hydroxylation is 1. The highest BCUT2D eigenvalue weighted by molar-refractivity contribution is 6.30. The summed E-state index contributed by atoms with van der Waals surface area (Å²) in [5.41, 5.74) is 13.1. The second-order valence-corrected chi connectivity index (χ2v) is 8.70. The number of amidine groups is 1. The van der Waals surface area contributed by atoms with Gasteiger partial charge in [0.05, 0.1) is 0 Å². The van der Waals surface area contributed by atoms with Gasteiger partial charge in [0.15, 0.2) is 0 Å². The molecule has 4 rings (SSSR count). The van der Waals surface area contributed by atoms with Crippen LogP contribution in [0.15, 0.2) is 71.8 Å². The van der Waals surface area contributed by atoms with Crippen molar-refractivity contribution < 1.29 is 4.79 Å². The van der Waals surface area contributed by atoms with E-state index >= 15 is 0 Å². The summed E-state index contributed by atoms with van der Waals surface area (Å²) in [4.78, 5) is 12.6. The number of carbonyl (C=O) groups excluding carboxylic acids is 1. The third-order valence-corrected chi connectivity index (χ3v) is 6.39. The molecular weight excluding hydrogens is 446 g/mol. The highest BCUT2D eigenvalue weighted by Crippen LogP contribution is 2.28. The van der Waals surface area contributed by atoms with Crippen LogP contribution in [0.5, 0.6) is 0 Å². The first kappa shape index (κ1) is 23.4. The van der Waals surface area contributed by atoms with E-state index in [0.29, 0.717) is 29.5 Å². The molecule has 0 spiro atoms. The van der Waals surface area contributed by atoms with Gasteiger partial charge in [-0.25, -0.2) is 0 Å². The Labute approximate surface area is 204 Å². The van der Waals surface area contributed by atoms with Crippen molar-refractivity contribution in [3.8, 4) is 0 Å². The van der Waals surface area contributed by atoms with Crippen molar-refractivity contribution in [1.82, 2.24) is 9.88 Å². The summed E-state index contributed by atoms with van der Waals surface area (Å²) in [6.07, 6.45) is 0.904. The van der Waals surface area contributed by atoms with E-state index in [2.05, 4.69) is 34.9 Å². The average molecular weight is 474 g/mol. The Morgan fingerprint density at radius 1 is 1.00 bits per heavy atom. The Bertz CT molecular complexity index is 1350. The van der Waals surface area contributed by atoms with E-state index in [-0.39, 0.29) is 5.91 Å². The van der Waals surface area contributed by atoms with Crippen molar-refractivity contribution in [3.05, 3.63) is 105 Å². The first-order valence-electron chi connectivity index (χ1n) is 11.2. The minimum atomic E-state index is -0.107. The first-order valence-corrected chi connectivity index (χ1v) is 11.6. The molecular formula is C27H28ClN5O. The van der Waals surface area contributed by atoms with Crippen LogP contribution in [0.2, 0.25) is 5.02 Å². The van der Waals surface area contributed by atoms with Crippen LogP contribution in [0.25, 0.3) is 10.9 Å². The number of nitrogens with zero attached hydrogens (tertiary/aromatic N) is 2. The van der Waals surface area contributed by atoms with Gasteiger partial charge in [-0.2, -0.15) is 5.10 Å². The zero-order chi connectivity index (χ0) is 24.2. The largest absolute Gasteiger partial charge is 0.382 e. The van der Waals surface area contributed by atoms with Gasteiger partial charge in [-0.05, 0) is 72.5 Å². The molecule has 0 aliphatic carbocycles. The lowest BCUT2D eigenvalue weighted by Gasteiger charge is -2.12. The summed E-state index contributed by atoms with van der Waals surface area (Å²) < 4.78 is 2.32. The smallest absolute Gasteiger partial charge is 0.251 e. The van der Waals surface area contributed by atoms with Gasteiger partial charge in [-0.1, -0.05) is 42.8 Å². The maximum atomic E-state index is 12.6. The summed E-state index contributed by atoms with van der Waals surface area (Å²) in [5, 5.41) is 8.39. The maximum Gasteiger partial charge on any atom is 0.251 e. The van der Waals surface area contributed by atoms with Crippen molar-refractivity contribution in [2.75, 3.05) is 0 Å². The minimum absolute atomic E-state index is 0.107. The average Bonchev–Trinajstić information content (AvgIpc) is 3.13. The van der Waals surface area contributed by atoms with E-state index in [0.717, 1.165) is 34.0 Å². The van der Waals surface area contributed by atoms with Crippen molar-refractivity contribution in [1.29, 1.82) is 0 Å². The van der Waals surface area contributed by atoms with Gasteiger partial charge >= 0.3 is 0 Å². The molecule has 0 aliphatic rings. The van der Waals surface area contributed by atoms with Crippen molar-refractivity contribution >= 4 is 34.2 Å². The summed E-state index contributed by atoms with van der Waals surface area (Å²) in [6.45, 7) is 5.45. The number of halogens is 1. The minimum Gasteiger partial charge on any atom is -0.382 e. The first-order chi connectivity index (χ1) is 16.4. The van der Waals surface area contributed by atoms with Gasteiger partial charge in [-0.3, -0.25) is 4.79 Å².